The predicted molar refractivity (Wildman–Crippen MR) is 437 cm³/mol. The van der Waals surface area contributed by atoms with Gasteiger partial charge in [0.15, 0.2) is 15.5 Å². The van der Waals surface area contributed by atoms with Crippen LogP contribution in [0.3, 0.4) is 0 Å². The molecule has 0 saturated heterocycles. The van der Waals surface area contributed by atoms with E-state index < -0.39 is 14.2 Å². The average molecular weight is 1420 g/mol. The van der Waals surface area contributed by atoms with E-state index in [0.717, 1.165) is 101 Å². The smallest absolute Gasteiger partial charge is 0.225 e. The summed E-state index contributed by atoms with van der Waals surface area (Å²) in [6.45, 7) is 11.9. The summed E-state index contributed by atoms with van der Waals surface area (Å²) in [6.07, 6.45) is 1.22. The van der Waals surface area contributed by atoms with Crippen molar-refractivity contribution in [1.82, 2.24) is 16.0 Å². The van der Waals surface area contributed by atoms with Crippen LogP contribution >= 0.6 is 35.3 Å². The molecule has 528 valence electrons. The predicted octanol–water partition coefficient (Wildman–Crippen LogP) is 17.0. The fourth-order valence-corrected chi connectivity index (χ4v) is 16.8. The lowest BCUT2D eigenvalue weighted by Crippen LogP contribution is -2.36. The van der Waals surface area contributed by atoms with Crippen molar-refractivity contribution in [1.29, 1.82) is 0 Å². The van der Waals surface area contributed by atoms with Gasteiger partial charge in [-0.15, -0.1) is 0 Å². The summed E-state index contributed by atoms with van der Waals surface area (Å²) < 4.78 is -1.68. The summed E-state index contributed by atoms with van der Waals surface area (Å²) >= 11 is 4.80. The molecule has 0 radical (unpaired) electrons. The summed E-state index contributed by atoms with van der Waals surface area (Å²) in [4.78, 5) is 64.2. The molecule has 0 aromatic heterocycles. The fraction of sp³-hybridized carbons (Fsp3) is 0.286. The average Bonchev–Trinajstić information content (AvgIpc) is 0.740. The van der Waals surface area contributed by atoms with Crippen molar-refractivity contribution in [3.8, 4) is 0 Å². The monoisotopic (exact) mass is 1420 g/mol. The highest BCUT2D eigenvalue weighted by molar-refractivity contribution is 8.15. The quantitative estimate of drug-likeness (QED) is 0.0899. The molecule has 18 heteroatoms. The molecule has 3 heterocycles. The Bertz CT molecular complexity index is 3950. The third-order valence-corrected chi connectivity index (χ3v) is 22.6. The largest absolute Gasteiger partial charge is 0.378 e. The van der Waals surface area contributed by atoms with Crippen LogP contribution < -0.4 is 45.3 Å². The Morgan fingerprint density at radius 2 is 0.471 bits per heavy atom. The SMILES string of the molecule is CCC(=O)NC1=Nc2ccc(C)cc2C(c2ccc(N(C)C)cc2)(c2ccc(N(C)C)cc2)S1.CCC(=O)NC1=Nc2ccc(C)cc2C(c2ccc(N(C)C)cc2)(c2ccc(N(C)C)cc2)S1.CCC(=O)NC1=Nc2ccc(C)cc2C(c2ccc(N(C)C)cc2)(c2ccc(N(C)C)cc2)S1. The molecule has 0 atom stereocenters. The maximum Gasteiger partial charge on any atom is 0.225 e. The van der Waals surface area contributed by atoms with E-state index in [0.29, 0.717) is 34.8 Å². The second-order valence-corrected chi connectivity index (χ2v) is 30.6. The van der Waals surface area contributed by atoms with Crippen molar-refractivity contribution in [2.24, 2.45) is 15.0 Å². The molecule has 0 bridgehead atoms. The molecule has 3 amide bonds. The van der Waals surface area contributed by atoms with Gasteiger partial charge in [0.05, 0.1) is 17.1 Å². The van der Waals surface area contributed by atoms with Gasteiger partial charge in [0.2, 0.25) is 17.7 Å². The van der Waals surface area contributed by atoms with Gasteiger partial charge < -0.3 is 45.3 Å². The van der Waals surface area contributed by atoms with Gasteiger partial charge in [0.1, 0.15) is 14.2 Å². The molecule has 0 spiro atoms. The molecule has 0 unspecified atom stereocenters. The molecular formula is C84H96N12O3S3. The lowest BCUT2D eigenvalue weighted by atomic mass is 9.82. The number of benzene rings is 9. The van der Waals surface area contributed by atoms with Gasteiger partial charge >= 0.3 is 0 Å². The van der Waals surface area contributed by atoms with E-state index >= 15 is 0 Å². The molecule has 3 aliphatic rings. The van der Waals surface area contributed by atoms with Crippen molar-refractivity contribution in [2.45, 2.75) is 75.0 Å². The Morgan fingerprint density at radius 3 is 0.627 bits per heavy atom. The van der Waals surface area contributed by atoms with Crippen LogP contribution in [0.25, 0.3) is 0 Å². The van der Waals surface area contributed by atoms with E-state index in [1.54, 1.807) is 35.3 Å². The van der Waals surface area contributed by atoms with Crippen LogP contribution in [0, 0.1) is 20.8 Å². The summed E-state index contributed by atoms with van der Waals surface area (Å²) in [5.74, 6) is -0.120. The third-order valence-electron chi connectivity index (χ3n) is 18.5. The number of aryl methyl sites for hydroxylation is 3. The molecule has 0 aliphatic carbocycles. The number of carbonyl (C=O) groups excluding carboxylic acids is 3. The van der Waals surface area contributed by atoms with E-state index in [-0.39, 0.29) is 17.7 Å². The van der Waals surface area contributed by atoms with E-state index in [2.05, 4.69) is 266 Å². The van der Waals surface area contributed by atoms with Gasteiger partial charge in [0, 0.05) is 155 Å². The molecule has 3 aliphatic heterocycles. The van der Waals surface area contributed by atoms with E-state index in [9.17, 15) is 14.4 Å². The molecule has 9 aromatic carbocycles. The van der Waals surface area contributed by atoms with Crippen LogP contribution in [0.4, 0.5) is 51.2 Å². The number of nitrogens with zero attached hydrogens (tertiary/aromatic N) is 9. The van der Waals surface area contributed by atoms with Crippen molar-refractivity contribution in [2.75, 3.05) is 114 Å². The summed E-state index contributed by atoms with van der Waals surface area (Å²) in [7, 11) is 24.5. The van der Waals surface area contributed by atoms with Crippen molar-refractivity contribution < 1.29 is 14.4 Å². The van der Waals surface area contributed by atoms with Crippen LogP contribution in [0.2, 0.25) is 0 Å². The lowest BCUT2D eigenvalue weighted by Gasteiger charge is -2.39. The second-order valence-electron chi connectivity index (χ2n) is 27.0. The Balaban J connectivity index is 0.000000165. The maximum atomic E-state index is 12.4. The highest BCUT2D eigenvalue weighted by Gasteiger charge is 2.47. The van der Waals surface area contributed by atoms with Gasteiger partial charge in [-0.3, -0.25) is 14.4 Å². The minimum absolute atomic E-state index is 0.0402. The highest BCUT2D eigenvalue weighted by atomic mass is 32.2. The Morgan fingerprint density at radius 1 is 0.294 bits per heavy atom. The molecule has 12 rings (SSSR count). The highest BCUT2D eigenvalue weighted by Crippen LogP contribution is 2.58. The third kappa shape index (κ3) is 16.0. The van der Waals surface area contributed by atoms with Crippen LogP contribution in [-0.2, 0) is 28.6 Å². The zero-order valence-electron chi connectivity index (χ0n) is 62.1. The number of amidine groups is 3. The van der Waals surface area contributed by atoms with Gasteiger partial charge in [-0.1, -0.05) is 182 Å². The van der Waals surface area contributed by atoms with Gasteiger partial charge in [0.25, 0.3) is 0 Å². The van der Waals surface area contributed by atoms with Crippen LogP contribution in [0.1, 0.15) is 107 Å². The summed E-state index contributed by atoms with van der Waals surface area (Å²) in [6, 6.07) is 71.2. The molecule has 102 heavy (non-hydrogen) atoms. The number of aliphatic imine (C=N–C) groups is 3. The van der Waals surface area contributed by atoms with Crippen LogP contribution in [0.15, 0.2) is 215 Å². The number of thioether (sulfide) groups is 3. The number of carbonyl (C=O) groups is 3. The number of amides is 3. The van der Waals surface area contributed by atoms with Gasteiger partial charge in [-0.2, -0.15) is 0 Å². The van der Waals surface area contributed by atoms with E-state index in [4.69, 9.17) is 15.0 Å². The second kappa shape index (κ2) is 32.1. The first kappa shape index (κ1) is 74.9. The summed E-state index contributed by atoms with van der Waals surface area (Å²) in [5, 5.41) is 11.0. The van der Waals surface area contributed by atoms with Crippen LogP contribution in [-0.4, -0.2) is 118 Å². The maximum absolute atomic E-state index is 12.4. The van der Waals surface area contributed by atoms with E-state index in [1.165, 1.54) is 16.7 Å². The summed E-state index contributed by atoms with van der Waals surface area (Å²) in [5.41, 5.74) is 23.2. The Labute approximate surface area is 617 Å². The minimum atomic E-state index is -0.560. The van der Waals surface area contributed by atoms with Gasteiger partial charge in [-0.25, -0.2) is 15.0 Å². The zero-order valence-corrected chi connectivity index (χ0v) is 64.6. The topological polar surface area (TPSA) is 144 Å². The molecular weight excluding hydrogens is 1320 g/mol. The molecule has 0 fully saturated rings. The van der Waals surface area contributed by atoms with Gasteiger partial charge in [-0.05, 0) is 145 Å². The van der Waals surface area contributed by atoms with Crippen molar-refractivity contribution >= 4 is 120 Å². The molecule has 0 saturated carbocycles. The fourth-order valence-electron chi connectivity index (χ4n) is 12.6. The first-order valence-electron chi connectivity index (χ1n) is 34.5. The number of hydrogen-bond donors (Lipinski definition) is 3. The molecule has 9 aromatic rings. The number of hydrogen-bond acceptors (Lipinski definition) is 15. The Hall–Kier alpha value is -9.75. The number of rotatable bonds is 15. The number of anilines is 6. The van der Waals surface area contributed by atoms with Crippen LogP contribution in [0.5, 0.6) is 0 Å². The van der Waals surface area contributed by atoms with Crippen molar-refractivity contribution in [3.63, 3.8) is 0 Å². The number of fused-ring (bicyclic) bond motifs is 3. The molecule has 15 nitrogen and oxygen atoms in total. The Kier molecular flexibility index (Phi) is 23.6. The van der Waals surface area contributed by atoms with Crippen molar-refractivity contribution in [3.05, 3.63) is 267 Å². The standard InChI is InChI=1S/3C28H32N4OS/c3*1-7-26(33)30-27-29-25-17-8-19(2)18-24(25)28(34-27,20-9-13-22(14-10-20)31(3)4)21-11-15-23(16-12-21)32(5)6/h3*8-18H,7H2,1-6H3,(H,29,30,33). The first-order chi connectivity index (χ1) is 48.7. The first-order valence-corrected chi connectivity index (χ1v) is 36.9. The number of nitrogens with one attached hydrogen (secondary N) is 3. The lowest BCUT2D eigenvalue weighted by molar-refractivity contribution is -0.120. The zero-order chi connectivity index (χ0) is 73.4. The molecule has 3 N–H and O–H groups in total. The normalized spacial score (nSPS) is 14.1. The minimum Gasteiger partial charge on any atom is -0.378 e. The van der Waals surface area contributed by atoms with E-state index in [1.807, 2.05) is 105 Å².